The van der Waals surface area contributed by atoms with Crippen LogP contribution in [0.1, 0.15) is 48.3 Å². The van der Waals surface area contributed by atoms with Gasteiger partial charge in [-0.2, -0.15) is 0 Å². The van der Waals surface area contributed by atoms with Gasteiger partial charge in [-0.1, -0.05) is 24.7 Å². The predicted octanol–water partition coefficient (Wildman–Crippen LogP) is 3.15. The van der Waals surface area contributed by atoms with E-state index in [4.69, 9.17) is 5.73 Å². The summed E-state index contributed by atoms with van der Waals surface area (Å²) in [6.45, 7) is 2.94. The maximum Gasteiger partial charge on any atom is 0.0600 e. The zero-order chi connectivity index (χ0) is 13.8. The largest absolute Gasteiger partial charge is 0.398 e. The van der Waals surface area contributed by atoms with Gasteiger partial charge in [0.1, 0.15) is 0 Å². The quantitative estimate of drug-likeness (QED) is 0.650. The summed E-state index contributed by atoms with van der Waals surface area (Å²) in [6.07, 6.45) is 5.34. The molecule has 2 N–H and O–H groups in total. The molecule has 0 radical (unpaired) electrons. The Labute approximate surface area is 117 Å². The lowest BCUT2D eigenvalue weighted by atomic mass is 9.91. The van der Waals surface area contributed by atoms with Crippen molar-refractivity contribution in [2.24, 2.45) is 0 Å². The summed E-state index contributed by atoms with van der Waals surface area (Å²) in [6, 6.07) is 4.32. The Balaban J connectivity index is 2.27. The van der Waals surface area contributed by atoms with E-state index in [1.807, 2.05) is 14.1 Å². The van der Waals surface area contributed by atoms with E-state index < -0.39 is 0 Å². The van der Waals surface area contributed by atoms with Crippen LogP contribution in [0, 0.1) is 18.8 Å². The Hall–Kier alpha value is -1.46. The summed E-state index contributed by atoms with van der Waals surface area (Å²) in [5, 5.41) is 0. The van der Waals surface area contributed by atoms with Crippen LogP contribution < -0.4 is 5.73 Å². The van der Waals surface area contributed by atoms with Crippen molar-refractivity contribution < 1.29 is 0 Å². The molecule has 0 saturated heterocycles. The second kappa shape index (κ2) is 6.12. The molecule has 1 aromatic carbocycles. The molecule has 1 aromatic rings. The van der Waals surface area contributed by atoms with E-state index in [9.17, 15) is 0 Å². The molecular formula is C17H24N2. The van der Waals surface area contributed by atoms with Gasteiger partial charge in [0.05, 0.1) is 6.54 Å². The van der Waals surface area contributed by atoms with E-state index in [2.05, 4.69) is 35.8 Å². The highest BCUT2D eigenvalue weighted by atomic mass is 15.0. The Bertz CT molecular complexity index is 500. The zero-order valence-electron chi connectivity index (χ0n) is 12.3. The van der Waals surface area contributed by atoms with Crippen LogP contribution in [0.25, 0.3) is 0 Å². The van der Waals surface area contributed by atoms with Crippen LogP contribution in [-0.2, 0) is 0 Å². The average Bonchev–Trinajstić information content (AvgIpc) is 2.85. The molecule has 1 saturated carbocycles. The second-order valence-electron chi connectivity index (χ2n) is 5.82. The Morgan fingerprint density at radius 3 is 2.58 bits per heavy atom. The van der Waals surface area contributed by atoms with Crippen molar-refractivity contribution in [3.8, 4) is 11.8 Å². The van der Waals surface area contributed by atoms with Gasteiger partial charge in [-0.15, -0.1) is 0 Å². The van der Waals surface area contributed by atoms with Gasteiger partial charge in [0.15, 0.2) is 0 Å². The molecule has 0 atom stereocenters. The van der Waals surface area contributed by atoms with Crippen molar-refractivity contribution in [2.75, 3.05) is 26.4 Å². The molecule has 19 heavy (non-hydrogen) atoms. The van der Waals surface area contributed by atoms with E-state index in [1.165, 1.54) is 36.8 Å². The molecule has 0 aliphatic heterocycles. The molecule has 0 amide bonds. The van der Waals surface area contributed by atoms with Crippen molar-refractivity contribution >= 4 is 5.69 Å². The number of hydrogen-bond donors (Lipinski definition) is 1. The van der Waals surface area contributed by atoms with E-state index in [1.54, 1.807) is 0 Å². The van der Waals surface area contributed by atoms with E-state index in [0.29, 0.717) is 0 Å². The van der Waals surface area contributed by atoms with Crippen LogP contribution in [0.2, 0.25) is 0 Å². The van der Waals surface area contributed by atoms with Crippen LogP contribution in [-0.4, -0.2) is 25.5 Å². The first-order valence-electron chi connectivity index (χ1n) is 7.11. The number of anilines is 1. The molecule has 2 rings (SSSR count). The van der Waals surface area contributed by atoms with E-state index in [0.717, 1.165) is 23.7 Å². The fourth-order valence-corrected chi connectivity index (χ4v) is 2.82. The molecule has 1 aliphatic rings. The number of nitrogens with two attached hydrogens (primary N) is 1. The van der Waals surface area contributed by atoms with Crippen molar-refractivity contribution in [3.05, 3.63) is 28.8 Å². The van der Waals surface area contributed by atoms with Crippen LogP contribution in [0.4, 0.5) is 5.69 Å². The molecule has 0 heterocycles. The van der Waals surface area contributed by atoms with Gasteiger partial charge in [0, 0.05) is 11.3 Å². The standard InChI is InChI=1S/C17H24N2/c1-13-11-17(18)15(9-6-10-19(2)3)12-16(13)14-7-4-5-8-14/h11-12,14H,4-5,7-8,10,18H2,1-3H3. The topological polar surface area (TPSA) is 29.3 Å². The predicted molar refractivity (Wildman–Crippen MR) is 82.2 cm³/mol. The minimum absolute atomic E-state index is 0.718. The van der Waals surface area contributed by atoms with Crippen LogP contribution >= 0.6 is 0 Å². The monoisotopic (exact) mass is 256 g/mol. The normalized spacial score (nSPS) is 15.6. The van der Waals surface area contributed by atoms with Gasteiger partial charge >= 0.3 is 0 Å². The molecule has 0 spiro atoms. The van der Waals surface area contributed by atoms with Crippen molar-refractivity contribution in [3.63, 3.8) is 0 Å². The molecule has 1 fully saturated rings. The van der Waals surface area contributed by atoms with Gasteiger partial charge in [0.2, 0.25) is 0 Å². The molecule has 0 unspecified atom stereocenters. The first kappa shape index (κ1) is 14.0. The summed E-state index contributed by atoms with van der Waals surface area (Å²) in [7, 11) is 4.05. The SMILES string of the molecule is Cc1cc(N)c(C#CCN(C)C)cc1C1CCCC1. The minimum atomic E-state index is 0.718. The van der Waals surface area contributed by atoms with Crippen LogP contribution in [0.5, 0.6) is 0 Å². The van der Waals surface area contributed by atoms with E-state index in [-0.39, 0.29) is 0 Å². The third-order valence-electron chi connectivity index (χ3n) is 3.85. The lowest BCUT2D eigenvalue weighted by Crippen LogP contribution is -2.10. The third kappa shape index (κ3) is 3.52. The molecule has 102 valence electrons. The van der Waals surface area contributed by atoms with Gasteiger partial charge in [0.25, 0.3) is 0 Å². The smallest absolute Gasteiger partial charge is 0.0600 e. The number of benzene rings is 1. The number of rotatable bonds is 2. The first-order chi connectivity index (χ1) is 9.08. The minimum Gasteiger partial charge on any atom is -0.398 e. The number of aryl methyl sites for hydroxylation is 1. The number of nitrogen functional groups attached to an aromatic ring is 1. The zero-order valence-corrected chi connectivity index (χ0v) is 12.3. The van der Waals surface area contributed by atoms with Crippen molar-refractivity contribution in [1.29, 1.82) is 0 Å². The second-order valence-corrected chi connectivity index (χ2v) is 5.82. The first-order valence-corrected chi connectivity index (χ1v) is 7.11. The summed E-state index contributed by atoms with van der Waals surface area (Å²) >= 11 is 0. The van der Waals surface area contributed by atoms with Crippen LogP contribution in [0.15, 0.2) is 12.1 Å². The maximum absolute atomic E-state index is 6.09. The molecule has 0 aromatic heterocycles. The van der Waals surface area contributed by atoms with Gasteiger partial charge < -0.3 is 5.73 Å². The summed E-state index contributed by atoms with van der Waals surface area (Å²) in [5.74, 6) is 7.11. The fourth-order valence-electron chi connectivity index (χ4n) is 2.82. The van der Waals surface area contributed by atoms with Gasteiger partial charge in [-0.25, -0.2) is 0 Å². The fraction of sp³-hybridized carbons (Fsp3) is 0.529. The van der Waals surface area contributed by atoms with E-state index >= 15 is 0 Å². The van der Waals surface area contributed by atoms with Gasteiger partial charge in [-0.05, 0) is 63.0 Å². The molecule has 2 nitrogen and oxygen atoms in total. The molecule has 2 heteroatoms. The Kier molecular flexibility index (Phi) is 4.50. The molecular weight excluding hydrogens is 232 g/mol. The Morgan fingerprint density at radius 1 is 1.26 bits per heavy atom. The highest BCUT2D eigenvalue weighted by molar-refractivity contribution is 5.60. The highest BCUT2D eigenvalue weighted by Crippen LogP contribution is 2.36. The van der Waals surface area contributed by atoms with Crippen LogP contribution in [0.3, 0.4) is 0 Å². The Morgan fingerprint density at radius 2 is 1.95 bits per heavy atom. The maximum atomic E-state index is 6.09. The third-order valence-corrected chi connectivity index (χ3v) is 3.85. The van der Waals surface area contributed by atoms with Gasteiger partial charge in [-0.3, -0.25) is 4.90 Å². The number of nitrogens with zero attached hydrogens (tertiary/aromatic N) is 1. The molecule has 0 bridgehead atoms. The summed E-state index contributed by atoms with van der Waals surface area (Å²) in [4.78, 5) is 2.06. The average molecular weight is 256 g/mol. The lowest BCUT2D eigenvalue weighted by Gasteiger charge is -2.15. The van der Waals surface area contributed by atoms with Crippen molar-refractivity contribution in [1.82, 2.24) is 4.90 Å². The van der Waals surface area contributed by atoms with Crippen molar-refractivity contribution in [2.45, 2.75) is 38.5 Å². The summed E-state index contributed by atoms with van der Waals surface area (Å²) < 4.78 is 0. The molecule has 1 aliphatic carbocycles. The summed E-state index contributed by atoms with van der Waals surface area (Å²) in [5.41, 5.74) is 10.7. The lowest BCUT2D eigenvalue weighted by molar-refractivity contribution is 0.464. The highest BCUT2D eigenvalue weighted by Gasteiger charge is 2.19. The number of hydrogen-bond acceptors (Lipinski definition) is 2.